The van der Waals surface area contributed by atoms with Crippen molar-refractivity contribution in [3.8, 4) is 0 Å². The van der Waals surface area contributed by atoms with Crippen LogP contribution in [-0.4, -0.2) is 89.0 Å². The molecule has 1 aliphatic carbocycles. The summed E-state index contributed by atoms with van der Waals surface area (Å²) in [6.45, 7) is 10.8. The van der Waals surface area contributed by atoms with Gasteiger partial charge in [0.1, 0.15) is 6.04 Å². The van der Waals surface area contributed by atoms with E-state index in [0.717, 1.165) is 50.3 Å². The highest BCUT2D eigenvalue weighted by atomic mass is 19.3. The Kier molecular flexibility index (Phi) is 7.53. The van der Waals surface area contributed by atoms with Gasteiger partial charge in [-0.2, -0.15) is 0 Å². The van der Waals surface area contributed by atoms with Gasteiger partial charge in [-0.1, -0.05) is 6.07 Å². The first-order chi connectivity index (χ1) is 15.7. The van der Waals surface area contributed by atoms with E-state index in [-0.39, 0.29) is 18.5 Å². The number of carbonyl (C=O) groups excluding carboxylic acids is 1. The molecule has 2 amide bonds. The van der Waals surface area contributed by atoms with E-state index < -0.39 is 12.0 Å². The zero-order chi connectivity index (χ0) is 23.6. The maximum Gasteiger partial charge on any atom is 0.317 e. The van der Waals surface area contributed by atoms with Crippen LogP contribution >= 0.6 is 0 Å². The summed E-state index contributed by atoms with van der Waals surface area (Å²) in [7, 11) is 0. The molecule has 3 heterocycles. The Hall–Kier alpha value is -1.80. The zero-order valence-electron chi connectivity index (χ0n) is 20.3. The van der Waals surface area contributed by atoms with Crippen LogP contribution in [0.4, 0.5) is 13.6 Å². The average Bonchev–Trinajstić information content (AvgIpc) is 2.81. The molecular formula is C25H39F2N5O. The van der Waals surface area contributed by atoms with Gasteiger partial charge < -0.3 is 10.2 Å². The van der Waals surface area contributed by atoms with Crippen molar-refractivity contribution < 1.29 is 13.6 Å². The first-order valence-corrected chi connectivity index (χ1v) is 12.6. The summed E-state index contributed by atoms with van der Waals surface area (Å²) in [4.78, 5) is 23.9. The maximum absolute atomic E-state index is 15.0. The third-order valence-corrected chi connectivity index (χ3v) is 7.81. The monoisotopic (exact) mass is 463 g/mol. The molecule has 8 heteroatoms. The number of aromatic nitrogens is 1. The van der Waals surface area contributed by atoms with E-state index in [1.54, 1.807) is 4.90 Å². The van der Waals surface area contributed by atoms with Gasteiger partial charge in [0.05, 0.1) is 0 Å². The molecule has 1 aromatic heterocycles. The normalized spacial score (nSPS) is 27.6. The Morgan fingerprint density at radius 2 is 1.79 bits per heavy atom. The zero-order valence-corrected chi connectivity index (χ0v) is 20.3. The van der Waals surface area contributed by atoms with Crippen LogP contribution in [0.1, 0.15) is 63.1 Å². The summed E-state index contributed by atoms with van der Waals surface area (Å²) in [5.41, 5.74) is 2.18. The summed E-state index contributed by atoms with van der Waals surface area (Å²) >= 11 is 0. The molecule has 2 atom stereocenters. The molecule has 184 valence electrons. The lowest BCUT2D eigenvalue weighted by Crippen LogP contribution is -2.66. The van der Waals surface area contributed by atoms with Crippen LogP contribution in [0.5, 0.6) is 0 Å². The fourth-order valence-electron chi connectivity index (χ4n) is 5.65. The van der Waals surface area contributed by atoms with Gasteiger partial charge in [0, 0.05) is 75.6 Å². The molecule has 6 nitrogen and oxygen atoms in total. The number of amides is 2. The topological polar surface area (TPSA) is 51.7 Å². The number of aryl methyl sites for hydroxylation is 1. The highest BCUT2D eigenvalue weighted by Crippen LogP contribution is 2.37. The van der Waals surface area contributed by atoms with Crippen molar-refractivity contribution in [1.29, 1.82) is 0 Å². The van der Waals surface area contributed by atoms with Crippen molar-refractivity contribution in [2.75, 3.05) is 39.3 Å². The largest absolute Gasteiger partial charge is 0.328 e. The van der Waals surface area contributed by atoms with E-state index in [1.165, 1.54) is 0 Å². The molecule has 2 saturated heterocycles. The molecule has 33 heavy (non-hydrogen) atoms. The second kappa shape index (κ2) is 10.2. The predicted molar refractivity (Wildman–Crippen MR) is 126 cm³/mol. The number of nitrogens with one attached hydrogen (secondary N) is 1. The van der Waals surface area contributed by atoms with E-state index in [4.69, 9.17) is 0 Å². The van der Waals surface area contributed by atoms with Crippen molar-refractivity contribution in [1.82, 2.24) is 25.0 Å². The lowest BCUT2D eigenvalue weighted by Gasteiger charge is -2.47. The molecule has 1 saturated carbocycles. The van der Waals surface area contributed by atoms with Crippen molar-refractivity contribution in [2.45, 2.75) is 82.8 Å². The third kappa shape index (κ3) is 5.65. The van der Waals surface area contributed by atoms with Crippen molar-refractivity contribution >= 4 is 6.03 Å². The van der Waals surface area contributed by atoms with E-state index in [2.05, 4.69) is 46.1 Å². The summed E-state index contributed by atoms with van der Waals surface area (Å²) in [6, 6.07) is 2.81. The van der Waals surface area contributed by atoms with Gasteiger partial charge in [-0.3, -0.25) is 14.8 Å². The minimum absolute atomic E-state index is 0.151. The summed E-state index contributed by atoms with van der Waals surface area (Å²) in [6.07, 6.45) is 4.56. The van der Waals surface area contributed by atoms with Crippen LogP contribution in [-0.2, 0) is 0 Å². The van der Waals surface area contributed by atoms with Crippen LogP contribution in [0.2, 0.25) is 0 Å². The van der Waals surface area contributed by atoms with Crippen LogP contribution in [0, 0.1) is 6.92 Å². The molecule has 1 N–H and O–H groups in total. The molecule has 4 rings (SSSR count). The second-order valence-electron chi connectivity index (χ2n) is 10.3. The van der Waals surface area contributed by atoms with Gasteiger partial charge in [0.15, 0.2) is 0 Å². The molecule has 2 aliphatic heterocycles. The minimum Gasteiger partial charge on any atom is -0.328 e. The number of hydrogen-bond acceptors (Lipinski definition) is 4. The highest BCUT2D eigenvalue weighted by Gasteiger charge is 2.50. The molecule has 0 aromatic carbocycles. The SMILES string of the molecule is Cc1ccc(C2CCN(C(=O)N[C@@H]3[C@@H](N4CCN(C(C)C)CC4)CCCC3(F)F)CC2)nc1. The molecule has 1 aromatic rings. The van der Waals surface area contributed by atoms with Crippen LogP contribution < -0.4 is 5.32 Å². The average molecular weight is 464 g/mol. The molecule has 0 spiro atoms. The Morgan fingerprint density at radius 1 is 1.09 bits per heavy atom. The van der Waals surface area contributed by atoms with Gasteiger partial charge in [-0.25, -0.2) is 13.6 Å². The van der Waals surface area contributed by atoms with Gasteiger partial charge in [-0.05, 0) is 58.1 Å². The highest BCUT2D eigenvalue weighted by molar-refractivity contribution is 5.75. The van der Waals surface area contributed by atoms with Crippen LogP contribution in [0.15, 0.2) is 18.3 Å². The third-order valence-electron chi connectivity index (χ3n) is 7.81. The van der Waals surface area contributed by atoms with Crippen molar-refractivity contribution in [3.63, 3.8) is 0 Å². The number of hydrogen-bond donors (Lipinski definition) is 1. The number of rotatable bonds is 4. The van der Waals surface area contributed by atoms with Crippen molar-refractivity contribution in [3.05, 3.63) is 29.6 Å². The summed E-state index contributed by atoms with van der Waals surface area (Å²) < 4.78 is 30.1. The van der Waals surface area contributed by atoms with E-state index in [9.17, 15) is 4.79 Å². The van der Waals surface area contributed by atoms with Gasteiger partial charge >= 0.3 is 6.03 Å². The number of alkyl halides is 2. The molecule has 3 fully saturated rings. The van der Waals surface area contributed by atoms with Gasteiger partial charge in [0.2, 0.25) is 0 Å². The number of nitrogens with zero attached hydrogens (tertiary/aromatic N) is 4. The Labute approximate surface area is 196 Å². The van der Waals surface area contributed by atoms with Crippen LogP contribution in [0.25, 0.3) is 0 Å². The standard InChI is InChI=1S/C25H39F2N5O/c1-18(2)30-13-15-31(16-14-30)22-5-4-10-25(26,27)23(22)29-24(33)32-11-8-20(9-12-32)21-7-6-19(3)17-28-21/h6-7,17-18,20,22-23H,4-5,8-16H2,1-3H3,(H,29,33)/t22-,23+/m0/s1. The number of pyridine rings is 1. The maximum atomic E-state index is 15.0. The predicted octanol–water partition coefficient (Wildman–Crippen LogP) is 3.86. The Morgan fingerprint density at radius 3 is 2.39 bits per heavy atom. The molecule has 0 radical (unpaired) electrons. The number of piperazine rings is 1. The fraction of sp³-hybridized carbons (Fsp3) is 0.760. The quantitative estimate of drug-likeness (QED) is 0.737. The molecular weight excluding hydrogens is 424 g/mol. The van der Waals surface area contributed by atoms with E-state index in [1.807, 2.05) is 13.1 Å². The summed E-state index contributed by atoms with van der Waals surface area (Å²) in [5, 5.41) is 2.79. The second-order valence-corrected chi connectivity index (χ2v) is 10.3. The van der Waals surface area contributed by atoms with E-state index >= 15 is 8.78 Å². The number of piperidine rings is 1. The lowest BCUT2D eigenvalue weighted by molar-refractivity contribution is -0.0973. The van der Waals surface area contributed by atoms with Gasteiger partial charge in [-0.15, -0.1) is 0 Å². The lowest BCUT2D eigenvalue weighted by atomic mass is 9.85. The molecule has 0 bridgehead atoms. The summed E-state index contributed by atoms with van der Waals surface area (Å²) in [5.74, 6) is -2.56. The number of urea groups is 1. The molecule has 3 aliphatic rings. The number of carbonyl (C=O) groups is 1. The smallest absolute Gasteiger partial charge is 0.317 e. The Balaban J connectivity index is 1.36. The number of halogens is 2. The van der Waals surface area contributed by atoms with E-state index in [0.29, 0.717) is 37.9 Å². The van der Waals surface area contributed by atoms with Crippen LogP contribution in [0.3, 0.4) is 0 Å². The fourth-order valence-corrected chi connectivity index (χ4v) is 5.65. The van der Waals surface area contributed by atoms with Crippen molar-refractivity contribution in [2.24, 2.45) is 0 Å². The first kappa shape index (κ1) is 24.3. The van der Waals surface area contributed by atoms with Gasteiger partial charge in [0.25, 0.3) is 5.92 Å². The molecule has 0 unspecified atom stereocenters. The minimum atomic E-state index is -2.88. The first-order valence-electron chi connectivity index (χ1n) is 12.6. The Bertz CT molecular complexity index is 786. The number of likely N-dealkylation sites (tertiary alicyclic amines) is 1.